The maximum atomic E-state index is 5.45. The zero-order chi connectivity index (χ0) is 16.7. The molecule has 132 valence electrons. The van der Waals surface area contributed by atoms with Crippen molar-refractivity contribution >= 4 is 23.2 Å². The molecule has 0 radical (unpaired) electrons. The van der Waals surface area contributed by atoms with Crippen LogP contribution in [0.3, 0.4) is 0 Å². The lowest BCUT2D eigenvalue weighted by atomic mass is 10.4. The van der Waals surface area contributed by atoms with Crippen molar-refractivity contribution in [3.63, 3.8) is 0 Å². The number of halogens is 1. The van der Waals surface area contributed by atoms with E-state index in [1.807, 2.05) is 6.08 Å². The van der Waals surface area contributed by atoms with Crippen LogP contribution in [0.4, 0.5) is 0 Å². The summed E-state index contributed by atoms with van der Waals surface area (Å²) in [4.78, 5) is 0. The molecule has 0 atom stereocenters. The molecule has 0 N–H and O–H groups in total. The van der Waals surface area contributed by atoms with Crippen molar-refractivity contribution in [1.29, 1.82) is 0 Å². The Morgan fingerprint density at radius 1 is 0.692 bits per heavy atom. The van der Waals surface area contributed by atoms with E-state index in [0.29, 0.717) is 0 Å². The molecular formula is C24H24BrP. The Morgan fingerprint density at radius 2 is 1.04 bits per heavy atom. The maximum Gasteiger partial charge on any atom is 0.116 e. The number of rotatable bonds is 5. The summed E-state index contributed by atoms with van der Waals surface area (Å²) in [5, 5.41) is 4.14. The molecule has 0 aliphatic heterocycles. The zero-order valence-electron chi connectivity index (χ0n) is 13.9. The summed E-state index contributed by atoms with van der Waals surface area (Å²) in [7, 11) is -1.77. The monoisotopic (exact) mass is 422 g/mol. The summed E-state index contributed by atoms with van der Waals surface area (Å²) in [6.45, 7) is 0. The second-order valence-corrected chi connectivity index (χ2v) is 9.10. The molecule has 2 heteroatoms. The van der Waals surface area contributed by atoms with Gasteiger partial charge < -0.3 is 17.0 Å². The van der Waals surface area contributed by atoms with Crippen LogP contribution in [0.15, 0.2) is 103 Å². The molecule has 0 nitrogen and oxygen atoms in total. The molecule has 3 aromatic carbocycles. The second-order valence-electron chi connectivity index (χ2n) is 5.57. The van der Waals surface area contributed by atoms with Crippen LogP contribution >= 0.6 is 7.26 Å². The third-order valence-corrected chi connectivity index (χ3v) is 8.48. The highest BCUT2D eigenvalue weighted by Crippen LogP contribution is 2.55. The van der Waals surface area contributed by atoms with Crippen molar-refractivity contribution in [1.82, 2.24) is 0 Å². The van der Waals surface area contributed by atoms with E-state index < -0.39 is 7.26 Å². The first-order valence-electron chi connectivity index (χ1n) is 8.04. The molecule has 0 saturated carbocycles. The first kappa shape index (κ1) is 21.9. The average molecular weight is 423 g/mol. The zero-order valence-corrected chi connectivity index (χ0v) is 16.4. The molecule has 0 bridgehead atoms. The van der Waals surface area contributed by atoms with E-state index in [1.54, 1.807) is 0 Å². The Balaban J connectivity index is 0.00000169. The van der Waals surface area contributed by atoms with Gasteiger partial charge in [0.05, 0.1) is 6.16 Å². The molecule has 0 fully saturated rings. The van der Waals surface area contributed by atoms with Crippen molar-refractivity contribution in [2.45, 2.75) is 7.43 Å². The summed E-state index contributed by atoms with van der Waals surface area (Å²) in [6.07, 6.45) is 10.3. The molecule has 0 unspecified atom stereocenters. The van der Waals surface area contributed by atoms with Crippen molar-refractivity contribution in [2.24, 2.45) is 0 Å². The Kier molecular flexibility index (Phi) is 9.08. The van der Waals surface area contributed by atoms with E-state index in [2.05, 4.69) is 103 Å². The number of benzene rings is 3. The molecule has 0 saturated heterocycles. The third kappa shape index (κ3) is 4.53. The SMILES string of the molecule is C.C#C/C=C/C[P+](c1ccccc1)(c1ccccc1)c1ccccc1.[Br-]. The molecule has 0 spiro atoms. The summed E-state index contributed by atoms with van der Waals surface area (Å²) < 4.78 is 0. The molecular weight excluding hydrogens is 399 g/mol. The summed E-state index contributed by atoms with van der Waals surface area (Å²) in [5.41, 5.74) is 0. The molecule has 0 heterocycles. The maximum absolute atomic E-state index is 5.45. The summed E-state index contributed by atoms with van der Waals surface area (Å²) in [5.74, 6) is 2.63. The fourth-order valence-corrected chi connectivity index (χ4v) is 7.08. The van der Waals surface area contributed by atoms with Crippen LogP contribution in [-0.2, 0) is 0 Å². The fourth-order valence-electron chi connectivity index (χ4n) is 3.09. The van der Waals surface area contributed by atoms with E-state index in [4.69, 9.17) is 6.42 Å². The van der Waals surface area contributed by atoms with Gasteiger partial charge in [-0.2, -0.15) is 0 Å². The highest BCUT2D eigenvalue weighted by Gasteiger charge is 2.43. The van der Waals surface area contributed by atoms with Crippen LogP contribution in [0, 0.1) is 12.3 Å². The van der Waals surface area contributed by atoms with Gasteiger partial charge in [-0.25, -0.2) is 0 Å². The standard InChI is InChI=1S/C23H20P.CH4.BrH/c1-2-3-13-20-24(21-14-7-4-8-15-21,22-16-9-5-10-17-22)23-18-11-6-12-19-23;;/h1,3-19H,20H2;1H4;1H/q+1;;/p-1/b13-3+;;. The topological polar surface area (TPSA) is 0 Å². The van der Waals surface area contributed by atoms with E-state index in [9.17, 15) is 0 Å². The molecule has 3 rings (SSSR count). The largest absolute Gasteiger partial charge is 1.00 e. The van der Waals surface area contributed by atoms with E-state index in [1.165, 1.54) is 15.9 Å². The molecule has 26 heavy (non-hydrogen) atoms. The Morgan fingerprint density at radius 3 is 1.35 bits per heavy atom. The van der Waals surface area contributed by atoms with Gasteiger partial charge in [-0.05, 0) is 48.6 Å². The average Bonchev–Trinajstić information content (AvgIpc) is 2.68. The lowest BCUT2D eigenvalue weighted by Gasteiger charge is -2.26. The fraction of sp³-hybridized carbons (Fsp3) is 0.0833. The molecule has 0 aliphatic carbocycles. The van der Waals surface area contributed by atoms with Crippen LogP contribution < -0.4 is 32.9 Å². The van der Waals surface area contributed by atoms with Crippen LogP contribution in [0.5, 0.6) is 0 Å². The van der Waals surface area contributed by atoms with Crippen LogP contribution in [0.25, 0.3) is 0 Å². The normalized spacial score (nSPS) is 10.4. The lowest BCUT2D eigenvalue weighted by molar-refractivity contribution is -0.00000500. The first-order chi connectivity index (χ1) is 11.9. The minimum absolute atomic E-state index is 0. The second kappa shape index (κ2) is 10.8. The highest BCUT2D eigenvalue weighted by molar-refractivity contribution is 7.95. The van der Waals surface area contributed by atoms with E-state index >= 15 is 0 Å². The van der Waals surface area contributed by atoms with Crippen molar-refractivity contribution in [2.75, 3.05) is 6.16 Å². The molecule has 0 aromatic heterocycles. The number of hydrogen-bond donors (Lipinski definition) is 0. The summed E-state index contributed by atoms with van der Waals surface area (Å²) >= 11 is 0. The third-order valence-electron chi connectivity index (χ3n) is 4.18. The van der Waals surface area contributed by atoms with Crippen LogP contribution in [0.1, 0.15) is 7.43 Å². The van der Waals surface area contributed by atoms with Gasteiger partial charge in [-0.15, -0.1) is 6.42 Å². The van der Waals surface area contributed by atoms with Crippen molar-refractivity contribution in [3.8, 4) is 12.3 Å². The van der Waals surface area contributed by atoms with Gasteiger partial charge >= 0.3 is 0 Å². The predicted octanol–water partition coefficient (Wildman–Crippen LogP) is 1.81. The van der Waals surface area contributed by atoms with Crippen molar-refractivity contribution < 1.29 is 17.0 Å². The van der Waals surface area contributed by atoms with E-state index in [-0.39, 0.29) is 24.4 Å². The number of terminal acetylenes is 1. The van der Waals surface area contributed by atoms with Gasteiger partial charge in [-0.3, -0.25) is 0 Å². The van der Waals surface area contributed by atoms with Crippen LogP contribution in [0.2, 0.25) is 0 Å². The van der Waals surface area contributed by atoms with Gasteiger partial charge in [0.1, 0.15) is 23.2 Å². The Hall–Kier alpha value is -2.13. The smallest absolute Gasteiger partial charge is 0.116 e. The minimum Gasteiger partial charge on any atom is -1.00 e. The predicted molar refractivity (Wildman–Crippen MR) is 115 cm³/mol. The Labute approximate surface area is 169 Å². The molecule has 0 aliphatic rings. The quantitative estimate of drug-likeness (QED) is 0.434. The van der Waals surface area contributed by atoms with Crippen molar-refractivity contribution in [3.05, 3.63) is 103 Å². The minimum atomic E-state index is -1.77. The van der Waals surface area contributed by atoms with Gasteiger partial charge in [0.25, 0.3) is 0 Å². The Bertz CT molecular complexity index is 737. The van der Waals surface area contributed by atoms with Gasteiger partial charge in [0.2, 0.25) is 0 Å². The molecule has 3 aromatic rings. The van der Waals surface area contributed by atoms with Gasteiger partial charge in [0.15, 0.2) is 0 Å². The van der Waals surface area contributed by atoms with Crippen LogP contribution in [-0.4, -0.2) is 6.16 Å². The number of allylic oxidation sites excluding steroid dienone is 2. The summed E-state index contributed by atoms with van der Waals surface area (Å²) in [6, 6.07) is 32.5. The lowest BCUT2D eigenvalue weighted by Crippen LogP contribution is -3.00. The van der Waals surface area contributed by atoms with E-state index in [0.717, 1.165) is 6.16 Å². The van der Waals surface area contributed by atoms with Gasteiger partial charge in [0, 0.05) is 0 Å². The van der Waals surface area contributed by atoms with Gasteiger partial charge in [-0.1, -0.05) is 67.9 Å². The number of hydrogen-bond acceptors (Lipinski definition) is 0. The molecule has 0 amide bonds. The highest BCUT2D eigenvalue weighted by atomic mass is 79.9. The first-order valence-corrected chi connectivity index (χ1v) is 10.0.